The maximum atomic E-state index is 5.90. The van der Waals surface area contributed by atoms with Crippen LogP contribution < -0.4 is 14.9 Å². The van der Waals surface area contributed by atoms with Crippen molar-refractivity contribution in [3.05, 3.63) is 84.4 Å². The van der Waals surface area contributed by atoms with Gasteiger partial charge in [-0.3, -0.25) is 5.43 Å². The highest BCUT2D eigenvalue weighted by Crippen LogP contribution is 2.28. The van der Waals surface area contributed by atoms with Crippen molar-refractivity contribution in [2.45, 2.75) is 6.42 Å². The van der Waals surface area contributed by atoms with Gasteiger partial charge in [-0.25, -0.2) is 0 Å². The van der Waals surface area contributed by atoms with Crippen LogP contribution in [0.4, 0.5) is 11.4 Å². The third-order valence-corrected chi connectivity index (χ3v) is 4.12. The fraction of sp³-hybridized carbons (Fsp3) is 0.136. The highest BCUT2D eigenvalue weighted by molar-refractivity contribution is 5.99. The Morgan fingerprint density at radius 3 is 2.21 bits per heavy atom. The lowest BCUT2D eigenvalue weighted by Crippen LogP contribution is -2.07. The van der Waals surface area contributed by atoms with Crippen molar-refractivity contribution in [1.29, 1.82) is 0 Å². The van der Waals surface area contributed by atoms with E-state index in [1.165, 1.54) is 0 Å². The SMILES string of the molecule is c1ccc(/C2=N/Nc3ccccc3OCCCOc3ccccc3N=N2)cc1. The molecule has 0 spiro atoms. The first-order chi connectivity index (χ1) is 13.9. The monoisotopic (exact) mass is 372 g/mol. The number of rotatable bonds is 1. The van der Waals surface area contributed by atoms with Crippen LogP contribution in [0.15, 0.2) is 94.2 Å². The first-order valence-corrected chi connectivity index (χ1v) is 9.15. The minimum atomic E-state index is 0.460. The number of azo groups is 1. The van der Waals surface area contributed by atoms with Gasteiger partial charge in [0.25, 0.3) is 0 Å². The van der Waals surface area contributed by atoms with Crippen LogP contribution in [0.25, 0.3) is 0 Å². The Morgan fingerprint density at radius 1 is 0.679 bits per heavy atom. The molecule has 140 valence electrons. The average molecular weight is 372 g/mol. The Hall–Kier alpha value is -3.67. The van der Waals surface area contributed by atoms with Crippen molar-refractivity contribution in [3.63, 3.8) is 0 Å². The van der Waals surface area contributed by atoms with Gasteiger partial charge >= 0.3 is 0 Å². The van der Waals surface area contributed by atoms with Gasteiger partial charge in [-0.05, 0) is 24.3 Å². The summed E-state index contributed by atoms with van der Waals surface area (Å²) >= 11 is 0. The molecular weight excluding hydrogens is 352 g/mol. The second-order valence-corrected chi connectivity index (χ2v) is 6.13. The fourth-order valence-corrected chi connectivity index (χ4v) is 2.72. The standard InChI is InChI=1S/C22H20N4O2/c1-2-9-17(10-3-1)22-25-23-18-11-4-6-13-20(18)27-15-8-16-28-21-14-7-5-12-19(21)24-26-22/h1-7,9-14,23H,8,15-16H2/b25-22-,26-24?. The van der Waals surface area contributed by atoms with Crippen LogP contribution in [0.1, 0.15) is 12.0 Å². The van der Waals surface area contributed by atoms with Crippen LogP contribution >= 0.6 is 0 Å². The molecule has 6 nitrogen and oxygen atoms in total. The third-order valence-electron chi connectivity index (χ3n) is 4.12. The lowest BCUT2D eigenvalue weighted by Gasteiger charge is -2.13. The Labute approximate surface area is 163 Å². The normalized spacial score (nSPS) is 16.1. The summed E-state index contributed by atoms with van der Waals surface area (Å²) in [4.78, 5) is 0. The van der Waals surface area contributed by atoms with E-state index in [1.807, 2.05) is 78.9 Å². The fourth-order valence-electron chi connectivity index (χ4n) is 2.72. The number of hydrazone groups is 1. The summed E-state index contributed by atoms with van der Waals surface area (Å²) < 4.78 is 11.8. The molecular formula is C22H20N4O2. The van der Waals surface area contributed by atoms with Crippen molar-refractivity contribution in [2.75, 3.05) is 18.6 Å². The van der Waals surface area contributed by atoms with Gasteiger partial charge < -0.3 is 9.47 Å². The van der Waals surface area contributed by atoms with E-state index in [0.717, 1.165) is 23.4 Å². The summed E-state index contributed by atoms with van der Waals surface area (Å²) in [6.07, 6.45) is 0.748. The number of anilines is 1. The average Bonchev–Trinajstić information content (AvgIpc) is 2.75. The molecule has 0 amide bonds. The van der Waals surface area contributed by atoms with E-state index in [0.29, 0.717) is 30.5 Å². The quantitative estimate of drug-likeness (QED) is 0.621. The van der Waals surface area contributed by atoms with Gasteiger partial charge in [0.15, 0.2) is 0 Å². The lowest BCUT2D eigenvalue weighted by molar-refractivity contribution is 0.248. The van der Waals surface area contributed by atoms with Crippen LogP contribution in [-0.2, 0) is 0 Å². The number of ether oxygens (including phenoxy) is 2. The van der Waals surface area contributed by atoms with Crippen molar-refractivity contribution < 1.29 is 9.47 Å². The zero-order chi connectivity index (χ0) is 19.0. The molecule has 0 atom stereocenters. The number of para-hydroxylation sites is 3. The Morgan fingerprint density at radius 2 is 1.36 bits per heavy atom. The molecule has 0 saturated carbocycles. The predicted octanol–water partition coefficient (Wildman–Crippen LogP) is 5.41. The number of nitrogens with one attached hydrogen (secondary N) is 1. The summed E-state index contributed by atoms with van der Waals surface area (Å²) in [5, 5.41) is 13.3. The molecule has 0 unspecified atom stereocenters. The van der Waals surface area contributed by atoms with Crippen LogP contribution in [0.3, 0.4) is 0 Å². The molecule has 0 aliphatic carbocycles. The molecule has 3 aromatic rings. The van der Waals surface area contributed by atoms with Gasteiger partial charge in [0, 0.05) is 12.0 Å². The molecule has 3 aromatic carbocycles. The third kappa shape index (κ3) is 4.35. The van der Waals surface area contributed by atoms with E-state index in [2.05, 4.69) is 20.8 Å². The van der Waals surface area contributed by atoms with Crippen molar-refractivity contribution in [1.82, 2.24) is 0 Å². The van der Waals surface area contributed by atoms with Crippen molar-refractivity contribution in [2.24, 2.45) is 15.3 Å². The molecule has 6 heteroatoms. The number of benzene rings is 3. The van der Waals surface area contributed by atoms with Gasteiger partial charge in [-0.15, -0.1) is 10.2 Å². The molecule has 0 saturated heterocycles. The molecule has 1 aliphatic heterocycles. The van der Waals surface area contributed by atoms with E-state index in [-0.39, 0.29) is 0 Å². The van der Waals surface area contributed by atoms with Gasteiger partial charge in [-0.2, -0.15) is 5.10 Å². The lowest BCUT2D eigenvalue weighted by atomic mass is 10.2. The molecule has 4 rings (SSSR count). The first kappa shape index (κ1) is 17.7. The minimum Gasteiger partial charge on any atom is -0.491 e. The van der Waals surface area contributed by atoms with Gasteiger partial charge in [-0.1, -0.05) is 54.6 Å². The summed E-state index contributed by atoms with van der Waals surface area (Å²) in [5.41, 5.74) is 5.34. The highest BCUT2D eigenvalue weighted by Gasteiger charge is 2.08. The second kappa shape index (κ2) is 8.81. The van der Waals surface area contributed by atoms with Crippen LogP contribution in [0.5, 0.6) is 11.5 Å². The first-order valence-electron chi connectivity index (χ1n) is 9.15. The van der Waals surface area contributed by atoms with Crippen LogP contribution in [-0.4, -0.2) is 19.0 Å². The summed E-state index contributed by atoms with van der Waals surface area (Å²) in [6, 6.07) is 24.9. The molecule has 1 N–H and O–H groups in total. The molecule has 1 heterocycles. The van der Waals surface area contributed by atoms with Gasteiger partial charge in [0.1, 0.15) is 17.2 Å². The number of amidine groups is 1. The highest BCUT2D eigenvalue weighted by atomic mass is 16.5. The smallest absolute Gasteiger partial charge is 0.201 e. The van der Waals surface area contributed by atoms with Crippen LogP contribution in [0, 0.1) is 0 Å². The van der Waals surface area contributed by atoms with Crippen molar-refractivity contribution >= 4 is 17.2 Å². The predicted molar refractivity (Wildman–Crippen MR) is 110 cm³/mol. The number of hydrogen-bond acceptors (Lipinski definition) is 6. The summed E-state index contributed by atoms with van der Waals surface area (Å²) in [6.45, 7) is 1.07. The van der Waals surface area contributed by atoms with Crippen molar-refractivity contribution in [3.8, 4) is 11.5 Å². The summed E-state index contributed by atoms with van der Waals surface area (Å²) in [7, 11) is 0. The number of hydrogen-bond donors (Lipinski definition) is 1. The zero-order valence-electron chi connectivity index (χ0n) is 15.3. The molecule has 0 radical (unpaired) electrons. The minimum absolute atomic E-state index is 0.460. The Bertz CT molecular complexity index is 987. The van der Waals surface area contributed by atoms with Crippen LogP contribution in [0.2, 0.25) is 0 Å². The van der Waals surface area contributed by atoms with E-state index in [1.54, 1.807) is 0 Å². The Kier molecular flexibility index (Phi) is 5.58. The molecule has 1 aliphatic rings. The maximum absolute atomic E-state index is 5.90. The second-order valence-electron chi connectivity index (χ2n) is 6.13. The van der Waals surface area contributed by atoms with E-state index >= 15 is 0 Å². The molecule has 0 aromatic heterocycles. The number of fused-ring (bicyclic) bond motifs is 2. The van der Waals surface area contributed by atoms with Gasteiger partial charge in [0.05, 0.1) is 18.9 Å². The Balaban J connectivity index is 1.74. The van der Waals surface area contributed by atoms with E-state index in [9.17, 15) is 0 Å². The van der Waals surface area contributed by atoms with Gasteiger partial charge in [0.2, 0.25) is 5.84 Å². The molecule has 0 fully saturated rings. The largest absolute Gasteiger partial charge is 0.491 e. The molecule has 0 bridgehead atoms. The topological polar surface area (TPSA) is 67.6 Å². The maximum Gasteiger partial charge on any atom is 0.201 e. The number of nitrogens with zero attached hydrogens (tertiary/aromatic N) is 3. The summed E-state index contributed by atoms with van der Waals surface area (Å²) in [5.74, 6) is 1.87. The van der Waals surface area contributed by atoms with E-state index < -0.39 is 0 Å². The van der Waals surface area contributed by atoms with E-state index in [4.69, 9.17) is 9.47 Å². The molecule has 28 heavy (non-hydrogen) atoms. The zero-order valence-corrected chi connectivity index (χ0v) is 15.3.